The smallest absolute Gasteiger partial charge is 0.245 e. The minimum atomic E-state index is -3.36. The van der Waals surface area contributed by atoms with E-state index in [1.807, 2.05) is 36.4 Å². The van der Waals surface area contributed by atoms with Crippen LogP contribution in [0.1, 0.15) is 0 Å². The third-order valence-electron chi connectivity index (χ3n) is 5.85. The van der Waals surface area contributed by atoms with Gasteiger partial charge in [-0.1, -0.05) is 12.1 Å². The van der Waals surface area contributed by atoms with Crippen LogP contribution >= 0.6 is 0 Å². The highest BCUT2D eigenvalue weighted by atomic mass is 32.2. The fourth-order valence-electron chi connectivity index (χ4n) is 4.08. The summed E-state index contributed by atoms with van der Waals surface area (Å²) in [7, 11) is -1.20. The maximum Gasteiger partial charge on any atom is 0.245 e. The summed E-state index contributed by atoms with van der Waals surface area (Å²) in [4.78, 5) is 9.18. The summed E-state index contributed by atoms with van der Waals surface area (Å²) in [5.41, 5.74) is 5.14. The fourth-order valence-corrected chi connectivity index (χ4v) is 4.64. The van der Waals surface area contributed by atoms with Crippen molar-refractivity contribution in [1.82, 2.24) is 19.5 Å². The predicted octanol–water partition coefficient (Wildman–Crippen LogP) is 3.26. The van der Waals surface area contributed by atoms with Gasteiger partial charge in [0.05, 0.1) is 23.7 Å². The molecule has 0 saturated carbocycles. The first-order chi connectivity index (χ1) is 16.3. The summed E-state index contributed by atoms with van der Waals surface area (Å²) in [5.74, 6) is 0.475. The summed E-state index contributed by atoms with van der Waals surface area (Å²) in [6, 6.07) is 19.4. The van der Waals surface area contributed by atoms with Crippen molar-refractivity contribution in [3.63, 3.8) is 0 Å². The van der Waals surface area contributed by atoms with Crippen LogP contribution in [0, 0.1) is 0 Å². The first kappa shape index (κ1) is 22.2. The van der Waals surface area contributed by atoms with E-state index in [1.165, 1.54) is 5.69 Å². The van der Waals surface area contributed by atoms with Gasteiger partial charge in [-0.05, 0) is 55.6 Å². The van der Waals surface area contributed by atoms with Gasteiger partial charge in [-0.2, -0.15) is 0 Å². The van der Waals surface area contributed by atoms with E-state index in [9.17, 15) is 8.42 Å². The summed E-state index contributed by atoms with van der Waals surface area (Å²) in [5, 5.41) is 7.95. The summed E-state index contributed by atoms with van der Waals surface area (Å²) in [6.45, 7) is 4.20. The molecule has 0 spiro atoms. The van der Waals surface area contributed by atoms with Gasteiger partial charge in [0.2, 0.25) is 16.0 Å². The molecular formula is C24H27N7O2S. The van der Waals surface area contributed by atoms with Crippen LogP contribution in [-0.2, 0) is 10.0 Å². The summed E-state index contributed by atoms with van der Waals surface area (Å²) >= 11 is 0. The average Bonchev–Trinajstić information content (AvgIpc) is 3.23. The van der Waals surface area contributed by atoms with E-state index in [1.54, 1.807) is 22.8 Å². The molecule has 4 aromatic rings. The number of hydrogen-bond donors (Lipinski definition) is 2. The molecule has 1 aliphatic rings. The molecule has 1 aliphatic heterocycles. The molecule has 0 aliphatic carbocycles. The van der Waals surface area contributed by atoms with E-state index in [4.69, 9.17) is 0 Å². The molecule has 34 heavy (non-hydrogen) atoms. The average molecular weight is 478 g/mol. The number of nitrogens with zero attached hydrogens (tertiary/aromatic N) is 5. The Kier molecular flexibility index (Phi) is 5.84. The molecule has 3 heterocycles. The molecule has 10 heteroatoms. The Morgan fingerprint density at radius 2 is 1.68 bits per heavy atom. The van der Waals surface area contributed by atoms with Gasteiger partial charge in [-0.3, -0.25) is 4.72 Å². The number of sulfonamides is 1. The Morgan fingerprint density at radius 1 is 0.912 bits per heavy atom. The molecule has 2 aromatic heterocycles. The molecule has 9 nitrogen and oxygen atoms in total. The lowest BCUT2D eigenvalue weighted by Gasteiger charge is -2.34. The van der Waals surface area contributed by atoms with Gasteiger partial charge >= 0.3 is 0 Å². The van der Waals surface area contributed by atoms with Gasteiger partial charge in [0, 0.05) is 48.8 Å². The highest BCUT2D eigenvalue weighted by Crippen LogP contribution is 2.26. The van der Waals surface area contributed by atoms with E-state index in [-0.39, 0.29) is 0 Å². The van der Waals surface area contributed by atoms with Crippen LogP contribution in [0.3, 0.4) is 0 Å². The Balaban J connectivity index is 1.37. The van der Waals surface area contributed by atoms with Crippen molar-refractivity contribution in [2.45, 2.75) is 0 Å². The molecule has 0 unspecified atom stereocenters. The van der Waals surface area contributed by atoms with Crippen LogP contribution in [-0.4, -0.2) is 67.4 Å². The van der Waals surface area contributed by atoms with Gasteiger partial charge in [0.15, 0.2) is 0 Å². The third-order valence-corrected chi connectivity index (χ3v) is 6.46. The van der Waals surface area contributed by atoms with Gasteiger partial charge < -0.3 is 15.1 Å². The van der Waals surface area contributed by atoms with Crippen LogP contribution in [0.15, 0.2) is 66.9 Å². The van der Waals surface area contributed by atoms with E-state index in [0.717, 1.165) is 54.9 Å². The van der Waals surface area contributed by atoms with Gasteiger partial charge in [-0.15, -0.1) is 5.10 Å². The predicted molar refractivity (Wildman–Crippen MR) is 136 cm³/mol. The molecule has 176 valence electrons. The van der Waals surface area contributed by atoms with Crippen LogP contribution in [0.4, 0.5) is 23.0 Å². The number of rotatable bonds is 6. The van der Waals surface area contributed by atoms with Crippen molar-refractivity contribution in [2.75, 3.05) is 54.4 Å². The maximum atomic E-state index is 11.6. The first-order valence-electron chi connectivity index (χ1n) is 11.1. The van der Waals surface area contributed by atoms with Crippen molar-refractivity contribution in [3.8, 4) is 11.3 Å². The first-order valence-corrected chi connectivity index (χ1v) is 13.0. The van der Waals surface area contributed by atoms with Gasteiger partial charge in [-0.25, -0.2) is 17.9 Å². The molecular weight excluding hydrogens is 450 g/mol. The standard InChI is InChI=1S/C24H27N7O2S/c1-29-12-14-30(15-13-29)21-8-6-19(7-9-21)26-24-25-17-22-10-11-23(31(22)27-24)18-4-3-5-20(16-18)28-34(2,32)33/h3-11,16-17,28H,12-15H2,1-2H3,(H,26,27). The molecule has 5 rings (SSSR count). The number of fused-ring (bicyclic) bond motifs is 1. The van der Waals surface area contributed by atoms with Gasteiger partial charge in [0.1, 0.15) is 0 Å². The highest BCUT2D eigenvalue weighted by molar-refractivity contribution is 7.92. The van der Waals surface area contributed by atoms with E-state index >= 15 is 0 Å². The third kappa shape index (κ3) is 4.97. The Bertz CT molecular complexity index is 1410. The second-order valence-corrected chi connectivity index (χ2v) is 10.3. The zero-order valence-corrected chi connectivity index (χ0v) is 20.0. The molecule has 2 N–H and O–H groups in total. The molecule has 0 amide bonds. The Morgan fingerprint density at radius 3 is 2.41 bits per heavy atom. The van der Waals surface area contributed by atoms with E-state index in [2.05, 4.69) is 49.1 Å². The van der Waals surface area contributed by atoms with Crippen LogP contribution in [0.25, 0.3) is 16.8 Å². The van der Waals surface area contributed by atoms with Crippen molar-refractivity contribution >= 4 is 38.6 Å². The van der Waals surface area contributed by atoms with Crippen molar-refractivity contribution in [3.05, 3.63) is 66.9 Å². The summed E-state index contributed by atoms with van der Waals surface area (Å²) in [6.07, 6.45) is 2.89. The molecule has 2 aromatic carbocycles. The lowest BCUT2D eigenvalue weighted by molar-refractivity contribution is 0.313. The number of nitrogens with one attached hydrogen (secondary N) is 2. The van der Waals surface area contributed by atoms with Crippen LogP contribution in [0.5, 0.6) is 0 Å². The Labute approximate surface area is 199 Å². The normalized spacial score (nSPS) is 14.9. The largest absolute Gasteiger partial charge is 0.369 e. The molecule has 0 atom stereocenters. The number of anilines is 4. The van der Waals surface area contributed by atoms with E-state index in [0.29, 0.717) is 11.6 Å². The maximum absolute atomic E-state index is 11.6. The number of aromatic nitrogens is 3. The van der Waals surface area contributed by atoms with E-state index < -0.39 is 10.0 Å². The van der Waals surface area contributed by atoms with Crippen LogP contribution < -0.4 is 14.9 Å². The monoisotopic (exact) mass is 477 g/mol. The number of benzene rings is 2. The minimum Gasteiger partial charge on any atom is -0.369 e. The zero-order valence-electron chi connectivity index (χ0n) is 19.1. The number of hydrogen-bond acceptors (Lipinski definition) is 7. The lowest BCUT2D eigenvalue weighted by Crippen LogP contribution is -2.44. The number of likely N-dealkylation sites (N-methyl/N-ethyl adjacent to an activating group) is 1. The second kappa shape index (κ2) is 8.96. The highest BCUT2D eigenvalue weighted by Gasteiger charge is 2.14. The molecule has 0 radical (unpaired) electrons. The fraction of sp³-hybridized carbons (Fsp3) is 0.250. The quantitative estimate of drug-likeness (QED) is 0.440. The molecule has 0 bridgehead atoms. The van der Waals surface area contributed by atoms with Crippen LogP contribution in [0.2, 0.25) is 0 Å². The topological polar surface area (TPSA) is 94.9 Å². The second-order valence-electron chi connectivity index (χ2n) is 8.55. The van der Waals surface area contributed by atoms with Gasteiger partial charge in [0.25, 0.3) is 0 Å². The zero-order chi connectivity index (χ0) is 23.7. The SMILES string of the molecule is CN1CCN(c2ccc(Nc3ncc4ccc(-c5cccc(NS(C)(=O)=O)c5)n4n3)cc2)CC1. The minimum absolute atomic E-state index is 0.475. The Hall–Kier alpha value is -3.63. The summed E-state index contributed by atoms with van der Waals surface area (Å²) < 4.78 is 27.5. The van der Waals surface area contributed by atoms with Crippen molar-refractivity contribution in [1.29, 1.82) is 0 Å². The number of piperazine rings is 1. The van der Waals surface area contributed by atoms with Crippen molar-refractivity contribution in [2.24, 2.45) is 0 Å². The van der Waals surface area contributed by atoms with Crippen molar-refractivity contribution < 1.29 is 8.42 Å². The lowest BCUT2D eigenvalue weighted by atomic mass is 10.1. The molecule has 1 saturated heterocycles. The molecule has 1 fully saturated rings.